The van der Waals surface area contributed by atoms with Gasteiger partial charge in [-0.25, -0.2) is 14.8 Å². The van der Waals surface area contributed by atoms with Gasteiger partial charge in [-0.15, -0.1) is 0 Å². The molecule has 1 aromatic heterocycles. The molecule has 0 saturated carbocycles. The average molecular weight is 286 g/mol. The van der Waals surface area contributed by atoms with Gasteiger partial charge in [0.15, 0.2) is 11.5 Å². The fourth-order valence-electron chi connectivity index (χ4n) is 1.84. The minimum absolute atomic E-state index is 0.0343. The van der Waals surface area contributed by atoms with E-state index in [4.69, 9.17) is 4.74 Å². The molecule has 2 aromatic rings. The van der Waals surface area contributed by atoms with Crippen LogP contribution in [-0.2, 0) is 6.42 Å². The zero-order chi connectivity index (χ0) is 15.4. The molecule has 0 aliphatic rings. The van der Waals surface area contributed by atoms with Gasteiger partial charge >= 0.3 is 5.97 Å². The predicted molar refractivity (Wildman–Crippen MR) is 74.8 cm³/mol. The molecule has 0 atom stereocenters. The molecule has 1 aromatic carbocycles. The number of aromatic carboxylic acids is 1. The summed E-state index contributed by atoms with van der Waals surface area (Å²) in [6.07, 6.45) is 1.75. The Balaban J connectivity index is 2.49. The van der Waals surface area contributed by atoms with Gasteiger partial charge in [0.2, 0.25) is 0 Å². The largest absolute Gasteiger partial charge is 0.497 e. The summed E-state index contributed by atoms with van der Waals surface area (Å²) in [5.41, 5.74) is 0.00678. The summed E-state index contributed by atoms with van der Waals surface area (Å²) >= 11 is 0. The number of carbonyl (C=O) groups excluding carboxylic acids is 1. The number of rotatable bonds is 5. The Bertz CT molecular complexity index is 698. The van der Waals surface area contributed by atoms with Gasteiger partial charge < -0.3 is 9.84 Å². The topological polar surface area (TPSA) is 89.4 Å². The van der Waals surface area contributed by atoms with E-state index in [1.807, 2.05) is 6.92 Å². The van der Waals surface area contributed by atoms with Crippen molar-refractivity contribution in [1.82, 2.24) is 9.97 Å². The van der Waals surface area contributed by atoms with Crippen LogP contribution in [0.5, 0.6) is 5.75 Å². The minimum atomic E-state index is -1.25. The Labute approximate surface area is 121 Å². The molecule has 21 heavy (non-hydrogen) atoms. The van der Waals surface area contributed by atoms with Crippen molar-refractivity contribution < 1.29 is 19.4 Å². The average Bonchev–Trinajstić information content (AvgIpc) is 2.53. The van der Waals surface area contributed by atoms with E-state index >= 15 is 0 Å². The van der Waals surface area contributed by atoms with Gasteiger partial charge in [0.05, 0.1) is 12.7 Å². The van der Waals surface area contributed by atoms with Crippen LogP contribution in [0.1, 0.15) is 39.2 Å². The molecule has 0 spiro atoms. The van der Waals surface area contributed by atoms with Gasteiger partial charge in [0, 0.05) is 18.2 Å². The maximum absolute atomic E-state index is 12.4. The molecule has 0 bridgehead atoms. The third-order valence-corrected chi connectivity index (χ3v) is 2.93. The molecule has 2 rings (SSSR count). The fraction of sp³-hybridized carbons (Fsp3) is 0.200. The summed E-state index contributed by atoms with van der Waals surface area (Å²) in [4.78, 5) is 31.6. The first-order chi connectivity index (χ1) is 10.1. The van der Waals surface area contributed by atoms with E-state index < -0.39 is 11.8 Å². The molecule has 0 aliphatic carbocycles. The molecule has 0 fully saturated rings. The van der Waals surface area contributed by atoms with Crippen molar-refractivity contribution in [2.45, 2.75) is 13.3 Å². The highest BCUT2D eigenvalue weighted by atomic mass is 16.5. The highest BCUT2D eigenvalue weighted by Gasteiger charge is 2.21. The molecule has 108 valence electrons. The minimum Gasteiger partial charge on any atom is -0.497 e. The number of carboxylic acid groups (broad SMARTS) is 1. The zero-order valence-electron chi connectivity index (χ0n) is 11.7. The maximum Gasteiger partial charge on any atom is 0.355 e. The highest BCUT2D eigenvalue weighted by Crippen LogP contribution is 2.18. The smallest absolute Gasteiger partial charge is 0.355 e. The Morgan fingerprint density at radius 1 is 1.33 bits per heavy atom. The van der Waals surface area contributed by atoms with E-state index in [2.05, 4.69) is 9.97 Å². The van der Waals surface area contributed by atoms with E-state index in [9.17, 15) is 14.7 Å². The second-order valence-corrected chi connectivity index (χ2v) is 4.27. The SMILES string of the molecule is CCc1ncc(C(=O)c2cccc(OC)c2)c(C(=O)O)n1. The summed E-state index contributed by atoms with van der Waals surface area (Å²) < 4.78 is 5.06. The van der Waals surface area contributed by atoms with Crippen molar-refractivity contribution in [1.29, 1.82) is 0 Å². The molecule has 0 unspecified atom stereocenters. The number of hydrogen-bond donors (Lipinski definition) is 1. The molecule has 1 N–H and O–H groups in total. The van der Waals surface area contributed by atoms with Gasteiger partial charge in [-0.1, -0.05) is 19.1 Å². The molecule has 1 heterocycles. The fourth-order valence-corrected chi connectivity index (χ4v) is 1.84. The zero-order valence-corrected chi connectivity index (χ0v) is 11.7. The van der Waals surface area contributed by atoms with E-state index in [0.29, 0.717) is 23.6 Å². The summed E-state index contributed by atoms with van der Waals surface area (Å²) in [5.74, 6) is -0.800. The normalized spacial score (nSPS) is 10.2. The lowest BCUT2D eigenvalue weighted by atomic mass is 10.0. The maximum atomic E-state index is 12.4. The molecular formula is C15H14N2O4. The summed E-state index contributed by atoms with van der Waals surface area (Å²) in [6, 6.07) is 6.49. The summed E-state index contributed by atoms with van der Waals surface area (Å²) in [6.45, 7) is 1.81. The van der Waals surface area contributed by atoms with Gasteiger partial charge in [0.25, 0.3) is 0 Å². The van der Waals surface area contributed by atoms with Crippen molar-refractivity contribution in [3.63, 3.8) is 0 Å². The molecular weight excluding hydrogens is 272 g/mol. The van der Waals surface area contributed by atoms with Crippen molar-refractivity contribution in [2.24, 2.45) is 0 Å². The van der Waals surface area contributed by atoms with E-state index in [1.54, 1.807) is 24.3 Å². The van der Waals surface area contributed by atoms with E-state index in [1.165, 1.54) is 13.3 Å². The van der Waals surface area contributed by atoms with Crippen molar-refractivity contribution in [3.05, 3.63) is 53.1 Å². The number of ketones is 1. The third kappa shape index (κ3) is 3.05. The first kappa shape index (κ1) is 14.6. The second-order valence-electron chi connectivity index (χ2n) is 4.27. The van der Waals surface area contributed by atoms with Crippen molar-refractivity contribution >= 4 is 11.8 Å². The number of aromatic nitrogens is 2. The van der Waals surface area contributed by atoms with Gasteiger partial charge in [-0.2, -0.15) is 0 Å². The number of hydrogen-bond acceptors (Lipinski definition) is 5. The number of aryl methyl sites for hydroxylation is 1. The standard InChI is InChI=1S/C15H14N2O4/c1-3-12-16-8-11(13(17-12)15(19)20)14(18)9-5-4-6-10(7-9)21-2/h4-8H,3H2,1-2H3,(H,19,20). The third-order valence-electron chi connectivity index (χ3n) is 2.93. The van der Waals surface area contributed by atoms with Crippen molar-refractivity contribution in [3.8, 4) is 5.75 Å². The Hall–Kier alpha value is -2.76. The number of nitrogens with zero attached hydrogens (tertiary/aromatic N) is 2. The molecule has 0 amide bonds. The van der Waals surface area contributed by atoms with Gasteiger partial charge in [-0.3, -0.25) is 4.79 Å². The predicted octanol–water partition coefficient (Wildman–Crippen LogP) is 1.98. The second kappa shape index (κ2) is 6.13. The Morgan fingerprint density at radius 2 is 2.10 bits per heavy atom. The lowest BCUT2D eigenvalue weighted by Crippen LogP contribution is -2.14. The highest BCUT2D eigenvalue weighted by molar-refractivity contribution is 6.13. The van der Waals surface area contributed by atoms with Gasteiger partial charge in [-0.05, 0) is 12.1 Å². The van der Waals surface area contributed by atoms with Crippen LogP contribution in [0.15, 0.2) is 30.5 Å². The van der Waals surface area contributed by atoms with E-state index in [0.717, 1.165) is 0 Å². The van der Waals surface area contributed by atoms with E-state index in [-0.39, 0.29) is 11.3 Å². The Morgan fingerprint density at radius 3 is 2.71 bits per heavy atom. The van der Waals surface area contributed by atoms with Crippen LogP contribution >= 0.6 is 0 Å². The van der Waals surface area contributed by atoms with Crippen LogP contribution in [0.25, 0.3) is 0 Å². The molecule has 0 saturated heterocycles. The molecule has 6 nitrogen and oxygen atoms in total. The lowest BCUT2D eigenvalue weighted by molar-refractivity contribution is 0.0685. The number of benzene rings is 1. The molecule has 6 heteroatoms. The van der Waals surface area contributed by atoms with Crippen LogP contribution in [0.4, 0.5) is 0 Å². The first-order valence-electron chi connectivity index (χ1n) is 6.34. The van der Waals surface area contributed by atoms with Crippen LogP contribution in [0, 0.1) is 0 Å². The quantitative estimate of drug-likeness (QED) is 0.845. The van der Waals surface area contributed by atoms with Crippen LogP contribution in [0.3, 0.4) is 0 Å². The van der Waals surface area contributed by atoms with Crippen molar-refractivity contribution in [2.75, 3.05) is 7.11 Å². The number of methoxy groups -OCH3 is 1. The summed E-state index contributed by atoms with van der Waals surface area (Å²) in [5, 5.41) is 9.21. The van der Waals surface area contributed by atoms with Gasteiger partial charge in [0.1, 0.15) is 11.6 Å². The number of ether oxygens (including phenoxy) is 1. The lowest BCUT2D eigenvalue weighted by Gasteiger charge is -2.07. The molecule has 0 aliphatic heterocycles. The van der Waals surface area contributed by atoms with Crippen LogP contribution < -0.4 is 4.74 Å². The molecule has 0 radical (unpaired) electrons. The first-order valence-corrected chi connectivity index (χ1v) is 6.34. The van der Waals surface area contributed by atoms with Crippen LogP contribution in [-0.4, -0.2) is 33.9 Å². The monoisotopic (exact) mass is 286 g/mol. The number of carbonyl (C=O) groups is 2. The van der Waals surface area contributed by atoms with Crippen LogP contribution in [0.2, 0.25) is 0 Å². The Kier molecular flexibility index (Phi) is 4.27. The number of carboxylic acids is 1. The summed E-state index contributed by atoms with van der Waals surface area (Å²) in [7, 11) is 1.49.